The largest absolute Gasteiger partial charge is 0.283 e. The normalized spacial score (nSPS) is 14.2. The van der Waals surface area contributed by atoms with Crippen molar-refractivity contribution in [3.63, 3.8) is 0 Å². The monoisotopic (exact) mass is 309 g/mol. The van der Waals surface area contributed by atoms with E-state index >= 15 is 0 Å². The molecule has 0 N–H and O–H groups in total. The molecule has 0 bridgehead atoms. The molecule has 0 saturated heterocycles. The highest BCUT2D eigenvalue weighted by Crippen LogP contribution is 2.27. The summed E-state index contributed by atoms with van der Waals surface area (Å²) < 4.78 is 2.08. The first-order valence-electron chi connectivity index (χ1n) is 7.89. The molecule has 0 saturated carbocycles. The third-order valence-electron chi connectivity index (χ3n) is 4.75. The molecule has 0 spiro atoms. The number of rotatable bonds is 0. The van der Waals surface area contributed by atoms with Crippen molar-refractivity contribution in [1.82, 2.24) is 19.4 Å². The maximum atomic E-state index is 4.99. The summed E-state index contributed by atoms with van der Waals surface area (Å²) in [5.74, 6) is 0. The van der Waals surface area contributed by atoms with Gasteiger partial charge in [-0.3, -0.25) is 9.38 Å². The molecule has 4 heterocycles. The maximum Gasteiger partial charge on any atom is 0.144 e. The van der Waals surface area contributed by atoms with Crippen LogP contribution in [0.1, 0.15) is 5.56 Å². The highest BCUT2D eigenvalue weighted by Gasteiger charge is 2.15. The number of allylic oxidation sites excluding steroid dienone is 2. The quantitative estimate of drug-likeness (QED) is 0.438. The minimum atomic E-state index is 0.861. The van der Waals surface area contributed by atoms with Crippen LogP contribution in [0.25, 0.3) is 22.8 Å². The Bertz CT molecular complexity index is 1430. The van der Waals surface area contributed by atoms with E-state index in [1.165, 1.54) is 5.56 Å². The third-order valence-corrected chi connectivity index (χ3v) is 4.75. The molecule has 1 aliphatic carbocycles. The van der Waals surface area contributed by atoms with Crippen molar-refractivity contribution < 1.29 is 0 Å². The van der Waals surface area contributed by atoms with Gasteiger partial charge in [-0.15, -0.1) is 0 Å². The number of aromatic nitrogens is 4. The van der Waals surface area contributed by atoms with Gasteiger partial charge in [-0.25, -0.2) is 15.0 Å². The topological polar surface area (TPSA) is 55.4 Å². The van der Waals surface area contributed by atoms with Crippen molar-refractivity contribution in [3.8, 4) is 0 Å². The first kappa shape index (κ1) is 12.1. The summed E-state index contributed by atoms with van der Waals surface area (Å²) >= 11 is 0. The van der Waals surface area contributed by atoms with Crippen molar-refractivity contribution in [1.29, 1.82) is 0 Å². The lowest BCUT2D eigenvalue weighted by Gasteiger charge is -2.04. The third kappa shape index (κ3) is 1.39. The zero-order valence-electron chi connectivity index (χ0n) is 12.6. The van der Waals surface area contributed by atoms with Crippen LogP contribution in [-0.2, 0) is 6.42 Å². The number of benzene rings is 1. The van der Waals surface area contributed by atoms with Crippen molar-refractivity contribution >= 4 is 28.4 Å². The second kappa shape index (κ2) is 4.14. The average Bonchev–Trinajstić information content (AvgIpc) is 3.19. The van der Waals surface area contributed by atoms with Crippen molar-refractivity contribution in [3.05, 3.63) is 75.8 Å². The Morgan fingerprint density at radius 2 is 2.12 bits per heavy atom. The molecule has 0 fully saturated rings. The molecule has 3 aromatic heterocycles. The Balaban J connectivity index is 1.91. The number of hydrogen-bond donors (Lipinski definition) is 0. The molecular weight excluding hydrogens is 298 g/mol. The van der Waals surface area contributed by atoms with Crippen molar-refractivity contribution in [2.24, 2.45) is 4.99 Å². The molecule has 0 unspecified atom stereocenters. The molecule has 5 nitrogen and oxygen atoms in total. The van der Waals surface area contributed by atoms with Crippen molar-refractivity contribution in [2.75, 3.05) is 0 Å². The fraction of sp³-hybridized carbons (Fsp3) is 0.0526. The summed E-state index contributed by atoms with van der Waals surface area (Å²) in [5.41, 5.74) is 5.16. The number of fused-ring (bicyclic) bond motifs is 8. The van der Waals surface area contributed by atoms with E-state index in [0.717, 1.165) is 49.9 Å². The summed E-state index contributed by atoms with van der Waals surface area (Å²) in [6, 6.07) is 6.14. The van der Waals surface area contributed by atoms with E-state index in [0.29, 0.717) is 0 Å². The van der Waals surface area contributed by atoms with Crippen LogP contribution in [0.3, 0.4) is 0 Å². The predicted octanol–water partition coefficient (Wildman–Crippen LogP) is 1.72. The standard InChI is InChI=1S/C19H11N5/c1-2-4-13-12(3-1)19-23-18-16(24(19)10-21-13)6-5-14-17(18)11-7-8-20-9-15(11)22-14/h1-2,4-10H,3H2. The molecule has 0 atom stereocenters. The van der Waals surface area contributed by atoms with Crippen LogP contribution in [0, 0.1) is 10.4 Å². The van der Waals surface area contributed by atoms with Gasteiger partial charge in [0.1, 0.15) is 12.0 Å². The van der Waals surface area contributed by atoms with E-state index < -0.39 is 0 Å². The SMILES string of the molecule is C1=CCc2c(ncn3c2nc2c4c(ccc23)N=c2cnccc2=4)=C1. The van der Waals surface area contributed by atoms with Crippen LogP contribution in [-0.4, -0.2) is 19.4 Å². The van der Waals surface area contributed by atoms with Gasteiger partial charge in [0, 0.05) is 22.2 Å². The van der Waals surface area contributed by atoms with Crippen molar-refractivity contribution in [2.45, 2.75) is 6.42 Å². The van der Waals surface area contributed by atoms with Crippen LogP contribution in [0.15, 0.2) is 54.1 Å². The van der Waals surface area contributed by atoms with Crippen LogP contribution in [0.2, 0.25) is 0 Å². The van der Waals surface area contributed by atoms with Crippen LogP contribution in [0.5, 0.6) is 0 Å². The Kier molecular flexibility index (Phi) is 2.09. The van der Waals surface area contributed by atoms with Gasteiger partial charge < -0.3 is 0 Å². The smallest absolute Gasteiger partial charge is 0.144 e. The summed E-state index contributed by atoms with van der Waals surface area (Å²) in [6.07, 6.45) is 12.6. The number of nitrogens with zero attached hydrogens (tertiary/aromatic N) is 5. The van der Waals surface area contributed by atoms with Gasteiger partial charge in [0.25, 0.3) is 0 Å². The minimum absolute atomic E-state index is 0.861. The average molecular weight is 309 g/mol. The molecule has 112 valence electrons. The van der Waals surface area contributed by atoms with Gasteiger partial charge in [-0.2, -0.15) is 0 Å². The van der Waals surface area contributed by atoms with Crippen LogP contribution < -0.4 is 10.7 Å². The molecule has 2 aliphatic rings. The lowest BCUT2D eigenvalue weighted by Crippen LogP contribution is -2.17. The summed E-state index contributed by atoms with van der Waals surface area (Å²) in [5, 5.41) is 4.11. The van der Waals surface area contributed by atoms with E-state index in [-0.39, 0.29) is 0 Å². The molecule has 4 aromatic rings. The highest BCUT2D eigenvalue weighted by atomic mass is 15.1. The van der Waals surface area contributed by atoms with Gasteiger partial charge in [0.15, 0.2) is 0 Å². The second-order valence-corrected chi connectivity index (χ2v) is 6.04. The highest BCUT2D eigenvalue weighted by molar-refractivity contribution is 5.85. The number of imidazole rings is 1. The molecular formula is C19H11N5. The van der Waals surface area contributed by atoms with E-state index in [1.807, 2.05) is 24.5 Å². The summed E-state index contributed by atoms with van der Waals surface area (Å²) in [6.45, 7) is 0. The molecule has 1 aromatic carbocycles. The molecule has 0 radical (unpaired) electrons. The van der Waals surface area contributed by atoms with Gasteiger partial charge in [-0.05, 0) is 30.7 Å². The Morgan fingerprint density at radius 1 is 1.12 bits per heavy atom. The number of hydrogen-bond acceptors (Lipinski definition) is 4. The van der Waals surface area contributed by atoms with Crippen LogP contribution >= 0.6 is 0 Å². The van der Waals surface area contributed by atoms with E-state index in [1.54, 1.807) is 12.4 Å². The van der Waals surface area contributed by atoms with E-state index in [4.69, 9.17) is 4.98 Å². The molecule has 0 amide bonds. The zero-order valence-corrected chi connectivity index (χ0v) is 12.6. The number of pyridine rings is 1. The van der Waals surface area contributed by atoms with Gasteiger partial charge in [0.2, 0.25) is 0 Å². The maximum absolute atomic E-state index is 4.99. The minimum Gasteiger partial charge on any atom is -0.283 e. The van der Waals surface area contributed by atoms with Gasteiger partial charge in [-0.1, -0.05) is 12.2 Å². The summed E-state index contributed by atoms with van der Waals surface area (Å²) in [4.78, 5) is 18.4. The Hall–Kier alpha value is -3.34. The molecule has 24 heavy (non-hydrogen) atoms. The zero-order chi connectivity index (χ0) is 15.7. The van der Waals surface area contributed by atoms with Gasteiger partial charge >= 0.3 is 0 Å². The Labute approximate surface area is 135 Å². The van der Waals surface area contributed by atoms with E-state index in [2.05, 4.69) is 37.6 Å². The predicted molar refractivity (Wildman–Crippen MR) is 90.2 cm³/mol. The summed E-state index contributed by atoms with van der Waals surface area (Å²) in [7, 11) is 0. The second-order valence-electron chi connectivity index (χ2n) is 6.04. The lowest BCUT2D eigenvalue weighted by atomic mass is 10.1. The Morgan fingerprint density at radius 3 is 3.12 bits per heavy atom. The lowest BCUT2D eigenvalue weighted by molar-refractivity contribution is 1.02. The van der Waals surface area contributed by atoms with Crippen LogP contribution in [0.4, 0.5) is 5.69 Å². The molecule has 5 heteroatoms. The molecule has 1 aliphatic heterocycles. The molecule has 6 rings (SSSR count). The fourth-order valence-electron chi connectivity index (χ4n) is 3.65. The van der Waals surface area contributed by atoms with Gasteiger partial charge in [0.05, 0.1) is 33.6 Å². The van der Waals surface area contributed by atoms with E-state index in [9.17, 15) is 0 Å². The first-order chi connectivity index (χ1) is 11.9. The first-order valence-corrected chi connectivity index (χ1v) is 7.89. The fourth-order valence-corrected chi connectivity index (χ4v) is 3.65.